The Kier molecular flexibility index (Phi) is 8.76. The number of rotatable bonds is 10. The van der Waals surface area contributed by atoms with E-state index < -0.39 is 22.0 Å². The molecule has 0 fully saturated rings. The molecule has 0 radical (unpaired) electrons. The monoisotopic (exact) mass is 386 g/mol. The second kappa shape index (κ2) is 10.5. The fraction of sp³-hybridized carbons (Fsp3) is 0.375. The number of carbonyl (C=O) groups is 2. The SMILES string of the molecule is COCCCNS(=O)(=O)c1ccc(N/C(=C/C(=O)OC)C(=O)OC)cc1. The van der Waals surface area contributed by atoms with Crippen LogP contribution in [0, 0.1) is 0 Å². The van der Waals surface area contributed by atoms with Crippen LogP contribution in [0.15, 0.2) is 40.9 Å². The van der Waals surface area contributed by atoms with Crippen molar-refractivity contribution in [2.45, 2.75) is 11.3 Å². The summed E-state index contributed by atoms with van der Waals surface area (Å²) in [6, 6.07) is 5.65. The summed E-state index contributed by atoms with van der Waals surface area (Å²) in [7, 11) is 0.236. The Hall–Kier alpha value is -2.43. The topological polar surface area (TPSA) is 120 Å². The molecule has 0 atom stereocenters. The molecular formula is C16H22N2O7S. The Balaban J connectivity index is 2.86. The number of anilines is 1. The first-order chi connectivity index (χ1) is 12.3. The van der Waals surface area contributed by atoms with Gasteiger partial charge in [0.05, 0.1) is 25.2 Å². The molecule has 1 aromatic carbocycles. The van der Waals surface area contributed by atoms with Gasteiger partial charge in [-0.3, -0.25) is 0 Å². The third-order valence-electron chi connectivity index (χ3n) is 3.13. The zero-order valence-electron chi connectivity index (χ0n) is 14.8. The van der Waals surface area contributed by atoms with Crippen LogP contribution >= 0.6 is 0 Å². The molecule has 1 rings (SSSR count). The normalized spacial score (nSPS) is 11.7. The third-order valence-corrected chi connectivity index (χ3v) is 4.61. The molecule has 9 nitrogen and oxygen atoms in total. The number of methoxy groups -OCH3 is 3. The maximum atomic E-state index is 12.1. The molecule has 0 spiro atoms. The van der Waals surface area contributed by atoms with Crippen LogP contribution in [-0.4, -0.2) is 54.8 Å². The summed E-state index contributed by atoms with van der Waals surface area (Å²) in [5.41, 5.74) is 0.247. The first kappa shape index (κ1) is 21.6. The van der Waals surface area contributed by atoms with Crippen LogP contribution in [0.4, 0.5) is 5.69 Å². The molecule has 144 valence electrons. The minimum absolute atomic E-state index is 0.0667. The molecule has 26 heavy (non-hydrogen) atoms. The molecular weight excluding hydrogens is 364 g/mol. The fourth-order valence-corrected chi connectivity index (χ4v) is 2.89. The molecule has 0 bridgehead atoms. The van der Waals surface area contributed by atoms with Crippen LogP contribution < -0.4 is 10.0 Å². The number of carbonyl (C=O) groups excluding carboxylic acids is 2. The first-order valence-electron chi connectivity index (χ1n) is 7.57. The summed E-state index contributed by atoms with van der Waals surface area (Å²) < 4.78 is 40.7. The minimum atomic E-state index is -3.64. The molecule has 0 aromatic heterocycles. The number of hydrogen-bond acceptors (Lipinski definition) is 8. The Morgan fingerprint density at radius 2 is 1.73 bits per heavy atom. The van der Waals surface area contributed by atoms with Crippen molar-refractivity contribution in [2.24, 2.45) is 0 Å². The highest BCUT2D eigenvalue weighted by Gasteiger charge is 2.15. The smallest absolute Gasteiger partial charge is 0.354 e. The molecule has 2 N–H and O–H groups in total. The fourth-order valence-electron chi connectivity index (χ4n) is 1.81. The van der Waals surface area contributed by atoms with Gasteiger partial charge in [0, 0.05) is 25.9 Å². The second-order valence-corrected chi connectivity index (χ2v) is 6.73. The van der Waals surface area contributed by atoms with Gasteiger partial charge < -0.3 is 19.5 Å². The number of esters is 2. The Labute approximate surface area is 152 Å². The highest BCUT2D eigenvalue weighted by molar-refractivity contribution is 7.89. The van der Waals surface area contributed by atoms with Gasteiger partial charge in [-0.15, -0.1) is 0 Å². The molecule has 0 unspecified atom stereocenters. The molecule has 0 aliphatic rings. The molecule has 0 aliphatic heterocycles. The van der Waals surface area contributed by atoms with Gasteiger partial charge in [-0.1, -0.05) is 0 Å². The van der Waals surface area contributed by atoms with Crippen molar-refractivity contribution >= 4 is 27.6 Å². The van der Waals surface area contributed by atoms with Gasteiger partial charge in [-0.2, -0.15) is 0 Å². The maximum absolute atomic E-state index is 12.1. The van der Waals surface area contributed by atoms with E-state index in [1.807, 2.05) is 0 Å². The molecule has 0 aliphatic carbocycles. The lowest BCUT2D eigenvalue weighted by molar-refractivity contribution is -0.138. The first-order valence-corrected chi connectivity index (χ1v) is 9.06. The van der Waals surface area contributed by atoms with Crippen LogP contribution in [-0.2, 0) is 33.8 Å². The molecule has 0 amide bonds. The van der Waals surface area contributed by atoms with Crippen LogP contribution in [0.25, 0.3) is 0 Å². The van der Waals surface area contributed by atoms with Crippen molar-refractivity contribution in [2.75, 3.05) is 39.8 Å². The molecule has 10 heteroatoms. The summed E-state index contributed by atoms with van der Waals surface area (Å²) in [6.07, 6.45) is 1.49. The van der Waals surface area contributed by atoms with Crippen LogP contribution in [0.1, 0.15) is 6.42 Å². The standard InChI is InChI=1S/C16H22N2O7S/c1-23-10-4-9-17-26(21,22)13-7-5-12(6-8-13)18-14(16(20)25-3)11-15(19)24-2/h5-8,11,17-18H,4,9-10H2,1-3H3/b14-11+. The van der Waals surface area contributed by atoms with Crippen molar-refractivity contribution in [1.29, 1.82) is 0 Å². The Morgan fingerprint density at radius 3 is 2.27 bits per heavy atom. The van der Waals surface area contributed by atoms with E-state index >= 15 is 0 Å². The number of nitrogens with one attached hydrogen (secondary N) is 2. The number of hydrogen-bond donors (Lipinski definition) is 2. The molecule has 0 heterocycles. The summed E-state index contributed by atoms with van der Waals surface area (Å²) in [5, 5.41) is 2.69. The minimum Gasteiger partial charge on any atom is -0.466 e. The highest BCUT2D eigenvalue weighted by Crippen LogP contribution is 2.16. The summed E-state index contributed by atoms with van der Waals surface area (Å²) in [4.78, 5) is 23.1. The molecule has 0 saturated heterocycles. The third kappa shape index (κ3) is 6.82. The van der Waals surface area contributed by atoms with E-state index in [-0.39, 0.29) is 17.1 Å². The zero-order valence-corrected chi connectivity index (χ0v) is 15.6. The van der Waals surface area contributed by atoms with E-state index in [0.717, 1.165) is 6.08 Å². The average Bonchev–Trinajstić information content (AvgIpc) is 2.64. The van der Waals surface area contributed by atoms with E-state index in [0.29, 0.717) is 18.7 Å². The van der Waals surface area contributed by atoms with Crippen molar-refractivity contribution in [1.82, 2.24) is 4.72 Å². The van der Waals surface area contributed by atoms with E-state index in [2.05, 4.69) is 19.5 Å². The van der Waals surface area contributed by atoms with Gasteiger partial charge >= 0.3 is 11.9 Å². The van der Waals surface area contributed by atoms with Gasteiger partial charge in [0.2, 0.25) is 10.0 Å². The lowest BCUT2D eigenvalue weighted by Crippen LogP contribution is -2.25. The van der Waals surface area contributed by atoms with Gasteiger partial charge in [0.1, 0.15) is 5.70 Å². The quantitative estimate of drug-likeness (QED) is 0.342. The number of benzene rings is 1. The van der Waals surface area contributed by atoms with E-state index in [4.69, 9.17) is 4.74 Å². The maximum Gasteiger partial charge on any atom is 0.354 e. The Bertz CT molecular complexity index is 742. The van der Waals surface area contributed by atoms with E-state index in [1.54, 1.807) is 0 Å². The lowest BCUT2D eigenvalue weighted by atomic mass is 10.3. The number of ether oxygens (including phenoxy) is 3. The van der Waals surface area contributed by atoms with Crippen LogP contribution in [0.5, 0.6) is 0 Å². The van der Waals surface area contributed by atoms with Gasteiger partial charge in [0.25, 0.3) is 0 Å². The zero-order chi connectivity index (χ0) is 19.6. The van der Waals surface area contributed by atoms with Crippen molar-refractivity contribution in [3.05, 3.63) is 36.0 Å². The van der Waals surface area contributed by atoms with Crippen LogP contribution in [0.3, 0.4) is 0 Å². The van der Waals surface area contributed by atoms with Crippen molar-refractivity contribution in [3.8, 4) is 0 Å². The molecule has 0 saturated carbocycles. The highest BCUT2D eigenvalue weighted by atomic mass is 32.2. The summed E-state index contributed by atoms with van der Waals surface area (Å²) >= 11 is 0. The lowest BCUT2D eigenvalue weighted by Gasteiger charge is -2.10. The van der Waals surface area contributed by atoms with Crippen molar-refractivity contribution in [3.63, 3.8) is 0 Å². The second-order valence-electron chi connectivity index (χ2n) is 4.97. The summed E-state index contributed by atoms with van der Waals surface area (Å²) in [5.74, 6) is -1.51. The summed E-state index contributed by atoms with van der Waals surface area (Å²) in [6.45, 7) is 0.707. The largest absolute Gasteiger partial charge is 0.466 e. The van der Waals surface area contributed by atoms with Gasteiger partial charge in [0.15, 0.2) is 0 Å². The van der Waals surface area contributed by atoms with E-state index in [9.17, 15) is 18.0 Å². The van der Waals surface area contributed by atoms with Crippen LogP contribution in [0.2, 0.25) is 0 Å². The van der Waals surface area contributed by atoms with Gasteiger partial charge in [-0.05, 0) is 30.7 Å². The molecule has 1 aromatic rings. The van der Waals surface area contributed by atoms with Gasteiger partial charge in [-0.25, -0.2) is 22.7 Å². The predicted octanol–water partition coefficient (Wildman–Crippen LogP) is 0.643. The van der Waals surface area contributed by atoms with Crippen molar-refractivity contribution < 1.29 is 32.2 Å². The number of sulfonamides is 1. The predicted molar refractivity (Wildman–Crippen MR) is 93.9 cm³/mol. The average molecular weight is 386 g/mol. The Morgan fingerprint density at radius 1 is 1.08 bits per heavy atom. The van der Waals surface area contributed by atoms with E-state index in [1.165, 1.54) is 45.6 Å².